The molecule has 0 unspecified atom stereocenters. The Hall–Kier alpha value is -3.35. The van der Waals surface area contributed by atoms with Gasteiger partial charge in [-0.1, -0.05) is 18.2 Å². The van der Waals surface area contributed by atoms with E-state index in [0.717, 1.165) is 5.56 Å². The molecule has 0 bridgehead atoms. The second kappa shape index (κ2) is 8.66. The third-order valence-electron chi connectivity index (χ3n) is 3.52. The number of aryl methyl sites for hydroxylation is 1. The Bertz CT molecular complexity index is 831. The van der Waals surface area contributed by atoms with Gasteiger partial charge < -0.3 is 19.5 Å². The average Bonchev–Trinajstić information content (AvgIpc) is 2.65. The van der Waals surface area contributed by atoms with Crippen molar-refractivity contribution in [2.45, 2.75) is 6.92 Å². The maximum Gasteiger partial charge on any atom is 0.339 e. The number of carbonyl (C=O) groups excluding carboxylic acids is 3. The van der Waals surface area contributed by atoms with Crippen LogP contribution in [-0.4, -0.2) is 38.7 Å². The Morgan fingerprint density at radius 3 is 2.23 bits per heavy atom. The first kappa shape index (κ1) is 19.0. The summed E-state index contributed by atoms with van der Waals surface area (Å²) in [5, 5.41) is 2.62. The van der Waals surface area contributed by atoms with Crippen LogP contribution < -0.4 is 10.1 Å². The van der Waals surface area contributed by atoms with Gasteiger partial charge in [-0.3, -0.25) is 4.79 Å². The molecular formula is C19H19NO6. The van der Waals surface area contributed by atoms with Crippen LogP contribution in [0.15, 0.2) is 42.5 Å². The number of ether oxygens (including phenoxy) is 3. The summed E-state index contributed by atoms with van der Waals surface area (Å²) in [6, 6.07) is 11.4. The van der Waals surface area contributed by atoms with Crippen LogP contribution in [0.3, 0.4) is 0 Å². The summed E-state index contributed by atoms with van der Waals surface area (Å²) in [5.74, 6) is -1.49. The number of esters is 2. The van der Waals surface area contributed by atoms with E-state index in [2.05, 4.69) is 10.1 Å². The molecule has 2 aromatic rings. The molecule has 0 spiro atoms. The van der Waals surface area contributed by atoms with Crippen molar-refractivity contribution in [2.24, 2.45) is 0 Å². The summed E-state index contributed by atoms with van der Waals surface area (Å²) in [6.45, 7) is 1.37. The number of hydrogen-bond acceptors (Lipinski definition) is 6. The lowest BCUT2D eigenvalue weighted by Crippen LogP contribution is -2.22. The lowest BCUT2D eigenvalue weighted by Gasteiger charge is -2.12. The molecule has 0 saturated heterocycles. The van der Waals surface area contributed by atoms with E-state index in [9.17, 15) is 14.4 Å². The van der Waals surface area contributed by atoms with Crippen LogP contribution in [0.2, 0.25) is 0 Å². The van der Waals surface area contributed by atoms with Gasteiger partial charge in [0.25, 0.3) is 5.91 Å². The molecule has 0 atom stereocenters. The van der Waals surface area contributed by atoms with Gasteiger partial charge in [0.15, 0.2) is 6.61 Å². The number of anilines is 1. The van der Waals surface area contributed by atoms with E-state index in [0.29, 0.717) is 11.4 Å². The van der Waals surface area contributed by atoms with Crippen LogP contribution in [0.5, 0.6) is 5.75 Å². The van der Waals surface area contributed by atoms with Crippen LogP contribution in [0, 0.1) is 6.92 Å². The highest BCUT2D eigenvalue weighted by Crippen LogP contribution is 2.25. The first-order valence-electron chi connectivity index (χ1n) is 7.75. The molecule has 26 heavy (non-hydrogen) atoms. The van der Waals surface area contributed by atoms with E-state index in [-0.39, 0.29) is 11.1 Å². The van der Waals surface area contributed by atoms with Crippen LogP contribution >= 0.6 is 0 Å². The van der Waals surface area contributed by atoms with Crippen molar-refractivity contribution < 1.29 is 28.6 Å². The van der Waals surface area contributed by atoms with Crippen LogP contribution in [-0.2, 0) is 14.3 Å². The summed E-state index contributed by atoms with van der Waals surface area (Å²) in [4.78, 5) is 35.9. The maximum absolute atomic E-state index is 12.2. The molecule has 136 valence electrons. The fraction of sp³-hybridized carbons (Fsp3) is 0.211. The van der Waals surface area contributed by atoms with E-state index in [1.54, 1.807) is 24.3 Å². The molecule has 1 N–H and O–H groups in total. The Morgan fingerprint density at radius 1 is 0.962 bits per heavy atom. The molecule has 0 fully saturated rings. The first-order chi connectivity index (χ1) is 12.5. The largest absolute Gasteiger partial charge is 0.495 e. The Morgan fingerprint density at radius 2 is 1.62 bits per heavy atom. The number of hydrogen-bond donors (Lipinski definition) is 1. The van der Waals surface area contributed by atoms with Crippen molar-refractivity contribution in [3.8, 4) is 5.75 Å². The minimum Gasteiger partial charge on any atom is -0.495 e. The Kier molecular flexibility index (Phi) is 6.32. The topological polar surface area (TPSA) is 90.9 Å². The van der Waals surface area contributed by atoms with Gasteiger partial charge in [0.1, 0.15) is 5.75 Å². The molecule has 1 amide bonds. The van der Waals surface area contributed by atoms with Crippen LogP contribution in [0.4, 0.5) is 5.69 Å². The average molecular weight is 357 g/mol. The lowest BCUT2D eigenvalue weighted by molar-refractivity contribution is -0.119. The van der Waals surface area contributed by atoms with E-state index in [1.165, 1.54) is 26.4 Å². The van der Waals surface area contributed by atoms with E-state index >= 15 is 0 Å². The highest BCUT2D eigenvalue weighted by Gasteiger charge is 2.19. The molecule has 0 aliphatic rings. The van der Waals surface area contributed by atoms with Crippen LogP contribution in [0.25, 0.3) is 0 Å². The summed E-state index contributed by atoms with van der Waals surface area (Å²) in [7, 11) is 2.71. The number of benzene rings is 2. The molecule has 2 rings (SSSR count). The van der Waals surface area contributed by atoms with Crippen molar-refractivity contribution in [1.82, 2.24) is 0 Å². The molecule has 0 aliphatic carbocycles. The van der Waals surface area contributed by atoms with Crippen LogP contribution in [0.1, 0.15) is 26.3 Å². The van der Waals surface area contributed by atoms with Crippen molar-refractivity contribution in [2.75, 3.05) is 26.1 Å². The van der Waals surface area contributed by atoms with Crippen molar-refractivity contribution in [3.05, 3.63) is 59.2 Å². The zero-order valence-electron chi connectivity index (χ0n) is 14.7. The molecule has 0 heterocycles. The Labute approximate surface area is 150 Å². The summed E-state index contributed by atoms with van der Waals surface area (Å²) < 4.78 is 14.8. The van der Waals surface area contributed by atoms with Gasteiger partial charge in [-0.25, -0.2) is 9.59 Å². The van der Waals surface area contributed by atoms with Crippen molar-refractivity contribution >= 4 is 23.5 Å². The van der Waals surface area contributed by atoms with E-state index in [4.69, 9.17) is 9.47 Å². The van der Waals surface area contributed by atoms with Crippen molar-refractivity contribution in [3.63, 3.8) is 0 Å². The quantitative estimate of drug-likeness (QED) is 0.799. The fourth-order valence-corrected chi connectivity index (χ4v) is 2.26. The minimum absolute atomic E-state index is 0.0280. The summed E-state index contributed by atoms with van der Waals surface area (Å²) in [5.41, 5.74) is 1.51. The fourth-order valence-electron chi connectivity index (χ4n) is 2.26. The normalized spacial score (nSPS) is 9.96. The second-order valence-electron chi connectivity index (χ2n) is 5.37. The van der Waals surface area contributed by atoms with Gasteiger partial charge in [0.05, 0.1) is 31.0 Å². The molecular weight excluding hydrogens is 338 g/mol. The molecule has 7 heteroatoms. The van der Waals surface area contributed by atoms with Gasteiger partial charge in [-0.2, -0.15) is 0 Å². The van der Waals surface area contributed by atoms with E-state index < -0.39 is 24.5 Å². The molecule has 2 aromatic carbocycles. The summed E-state index contributed by atoms with van der Waals surface area (Å²) in [6.07, 6.45) is 0. The zero-order chi connectivity index (χ0) is 19.1. The molecule has 0 radical (unpaired) electrons. The maximum atomic E-state index is 12.2. The van der Waals surface area contributed by atoms with E-state index in [1.807, 2.05) is 13.0 Å². The number of carbonyl (C=O) groups is 3. The number of rotatable bonds is 6. The SMILES string of the molecule is COC(=O)c1ccccc1C(=O)OCC(=O)Nc1cc(C)ccc1OC. The first-order valence-corrected chi connectivity index (χ1v) is 7.75. The van der Waals surface area contributed by atoms with Crippen molar-refractivity contribution in [1.29, 1.82) is 0 Å². The van der Waals surface area contributed by atoms with Gasteiger partial charge in [0.2, 0.25) is 0 Å². The van der Waals surface area contributed by atoms with Gasteiger partial charge in [0, 0.05) is 0 Å². The molecule has 7 nitrogen and oxygen atoms in total. The molecule has 0 aromatic heterocycles. The standard InChI is InChI=1S/C19H19NO6/c1-12-8-9-16(24-2)15(10-12)20-17(21)11-26-19(23)14-7-5-4-6-13(14)18(22)25-3/h4-10H,11H2,1-3H3,(H,20,21). The predicted molar refractivity (Wildman–Crippen MR) is 94.4 cm³/mol. The smallest absolute Gasteiger partial charge is 0.339 e. The Balaban J connectivity index is 2.03. The van der Waals surface area contributed by atoms with Gasteiger partial charge in [-0.05, 0) is 36.8 Å². The van der Waals surface area contributed by atoms with Gasteiger partial charge >= 0.3 is 11.9 Å². The van der Waals surface area contributed by atoms with Gasteiger partial charge in [-0.15, -0.1) is 0 Å². The molecule has 0 aliphatic heterocycles. The molecule has 0 saturated carbocycles. The number of amides is 1. The number of nitrogens with one attached hydrogen (secondary N) is 1. The third kappa shape index (κ3) is 4.60. The zero-order valence-corrected chi connectivity index (χ0v) is 14.7. The highest BCUT2D eigenvalue weighted by atomic mass is 16.5. The number of methoxy groups -OCH3 is 2. The predicted octanol–water partition coefficient (Wildman–Crippen LogP) is 2.59. The third-order valence-corrected chi connectivity index (χ3v) is 3.52. The lowest BCUT2D eigenvalue weighted by atomic mass is 10.1. The summed E-state index contributed by atoms with van der Waals surface area (Å²) >= 11 is 0. The minimum atomic E-state index is -0.794. The second-order valence-corrected chi connectivity index (χ2v) is 5.37. The monoisotopic (exact) mass is 357 g/mol. The highest BCUT2D eigenvalue weighted by molar-refractivity contribution is 6.04.